The highest BCUT2D eigenvalue weighted by Crippen LogP contribution is 2.46. The van der Waals surface area contributed by atoms with E-state index in [9.17, 15) is 13.2 Å². The van der Waals surface area contributed by atoms with E-state index >= 15 is 0 Å². The zero-order valence-corrected chi connectivity index (χ0v) is 19.8. The molecule has 0 amide bonds. The van der Waals surface area contributed by atoms with Gasteiger partial charge < -0.3 is 4.74 Å². The second kappa shape index (κ2) is 10.6. The lowest BCUT2D eigenvalue weighted by Crippen LogP contribution is -2.50. The normalized spacial score (nSPS) is 24.7. The predicted octanol–water partition coefficient (Wildman–Crippen LogP) is 5.37. The van der Waals surface area contributed by atoms with Crippen molar-refractivity contribution >= 4 is 23.5 Å². The summed E-state index contributed by atoms with van der Waals surface area (Å²) in [5, 5.41) is 4.42. The lowest BCUT2D eigenvalue weighted by molar-refractivity contribution is -0.0442. The van der Waals surface area contributed by atoms with Crippen LogP contribution in [-0.4, -0.2) is 64.1 Å². The molecule has 9 heteroatoms. The minimum absolute atomic E-state index is 0.172. The Morgan fingerprint density at radius 2 is 2.17 bits per heavy atom. The molecule has 0 bridgehead atoms. The first kappa shape index (κ1) is 25.4. The molecular weight excluding hydrogens is 431 g/mol. The number of aryl methyl sites for hydroxylation is 1. The second-order valence-electron chi connectivity index (χ2n) is 7.90. The van der Waals surface area contributed by atoms with Crippen LogP contribution >= 0.6 is 23.5 Å². The molecule has 1 aliphatic heterocycles. The Balaban J connectivity index is 2.00. The lowest BCUT2D eigenvalue weighted by Gasteiger charge is -2.45. The van der Waals surface area contributed by atoms with Crippen LogP contribution in [0.3, 0.4) is 0 Å². The van der Waals surface area contributed by atoms with E-state index in [4.69, 9.17) is 4.74 Å². The first-order chi connectivity index (χ1) is 14.1. The number of aromatic nitrogens is 2. The maximum Gasteiger partial charge on any atom is 0.276 e. The van der Waals surface area contributed by atoms with Crippen LogP contribution in [0.15, 0.2) is 35.4 Å². The molecule has 0 radical (unpaired) electrons. The van der Waals surface area contributed by atoms with Crippen molar-refractivity contribution in [2.75, 3.05) is 25.7 Å². The number of piperidine rings is 1. The zero-order chi connectivity index (χ0) is 22.5. The molecule has 0 spiro atoms. The lowest BCUT2D eigenvalue weighted by atomic mass is 9.86. The summed E-state index contributed by atoms with van der Waals surface area (Å²) in [5.74, 6) is 1.02. The standard InChI is InChI=1S/C21H32F3N3OS2/c1-15-11-21(28-5,17(3)30-16(2)20(4,24)19(22)23)7-8-26(15)13-18-12-25-27(14-18)9-10-29-6/h12,14-15,19H,2-3,7-11,13H2,1,4-6H3/t15-,20?,21?/m0/s1. The summed E-state index contributed by atoms with van der Waals surface area (Å²) < 4.78 is 48.0. The zero-order valence-electron chi connectivity index (χ0n) is 18.2. The van der Waals surface area contributed by atoms with Crippen LogP contribution in [0.2, 0.25) is 0 Å². The number of methoxy groups -OCH3 is 1. The molecule has 1 aliphatic rings. The summed E-state index contributed by atoms with van der Waals surface area (Å²) >= 11 is 2.67. The number of halogens is 3. The molecule has 1 aromatic rings. The van der Waals surface area contributed by atoms with Crippen LogP contribution in [0.4, 0.5) is 13.2 Å². The minimum atomic E-state index is -3.14. The minimum Gasteiger partial charge on any atom is -0.373 e. The third kappa shape index (κ3) is 5.87. The van der Waals surface area contributed by atoms with Crippen LogP contribution in [0, 0.1) is 0 Å². The molecule has 1 fully saturated rings. The molecule has 1 aromatic heterocycles. The maximum absolute atomic E-state index is 14.3. The smallest absolute Gasteiger partial charge is 0.276 e. The molecule has 2 unspecified atom stereocenters. The van der Waals surface area contributed by atoms with E-state index in [0.717, 1.165) is 49.6 Å². The Labute approximate surface area is 186 Å². The van der Waals surface area contributed by atoms with Gasteiger partial charge in [0.05, 0.1) is 6.20 Å². The number of nitrogens with zero attached hydrogens (tertiary/aromatic N) is 3. The number of hydrogen-bond donors (Lipinski definition) is 0. The molecule has 0 N–H and O–H groups in total. The van der Waals surface area contributed by atoms with Gasteiger partial charge in [-0.2, -0.15) is 16.9 Å². The van der Waals surface area contributed by atoms with Gasteiger partial charge in [0.15, 0.2) is 5.67 Å². The molecule has 30 heavy (non-hydrogen) atoms. The van der Waals surface area contributed by atoms with Crippen molar-refractivity contribution in [1.29, 1.82) is 0 Å². The fraction of sp³-hybridized carbons (Fsp3) is 0.667. The average molecular weight is 464 g/mol. The molecule has 3 atom stereocenters. The predicted molar refractivity (Wildman–Crippen MR) is 121 cm³/mol. The first-order valence-corrected chi connectivity index (χ1v) is 12.1. The summed E-state index contributed by atoms with van der Waals surface area (Å²) in [6.45, 7) is 12.9. The van der Waals surface area contributed by atoms with Crippen molar-refractivity contribution in [3.8, 4) is 0 Å². The van der Waals surface area contributed by atoms with E-state index in [1.165, 1.54) is 0 Å². The number of alkyl halides is 3. The fourth-order valence-corrected chi connectivity index (χ4v) is 4.94. The van der Waals surface area contributed by atoms with E-state index in [2.05, 4.69) is 42.5 Å². The van der Waals surface area contributed by atoms with Gasteiger partial charge in [-0.25, -0.2) is 13.2 Å². The van der Waals surface area contributed by atoms with Gasteiger partial charge in [-0.3, -0.25) is 9.58 Å². The van der Waals surface area contributed by atoms with Crippen molar-refractivity contribution in [2.24, 2.45) is 0 Å². The summed E-state index contributed by atoms with van der Waals surface area (Å²) in [6, 6.07) is 0.172. The molecular formula is C21H32F3N3OS2. The molecule has 0 saturated carbocycles. The molecule has 170 valence electrons. The number of allylic oxidation sites excluding steroid dienone is 1. The van der Waals surface area contributed by atoms with E-state index in [1.807, 2.05) is 10.9 Å². The van der Waals surface area contributed by atoms with Crippen LogP contribution in [-0.2, 0) is 17.8 Å². The van der Waals surface area contributed by atoms with E-state index < -0.39 is 17.7 Å². The molecule has 0 aromatic carbocycles. The van der Waals surface area contributed by atoms with Crippen molar-refractivity contribution in [2.45, 2.75) is 63.5 Å². The number of thioether (sulfide) groups is 2. The number of ether oxygens (including phenoxy) is 1. The Bertz CT molecular complexity index is 741. The summed E-state index contributed by atoms with van der Waals surface area (Å²) in [5.41, 5.74) is -2.32. The van der Waals surface area contributed by atoms with Gasteiger partial charge >= 0.3 is 0 Å². The molecule has 2 rings (SSSR count). The maximum atomic E-state index is 14.3. The quantitative estimate of drug-likeness (QED) is 0.440. The Hall–Kier alpha value is -0.900. The van der Waals surface area contributed by atoms with Crippen LogP contribution in [0.1, 0.15) is 32.3 Å². The average Bonchev–Trinajstić information content (AvgIpc) is 3.15. The van der Waals surface area contributed by atoms with Gasteiger partial charge in [0.25, 0.3) is 6.43 Å². The molecule has 0 aliphatic carbocycles. The highest BCUT2D eigenvalue weighted by Gasteiger charge is 2.44. The van der Waals surface area contributed by atoms with Gasteiger partial charge in [0.2, 0.25) is 0 Å². The van der Waals surface area contributed by atoms with Gasteiger partial charge in [-0.1, -0.05) is 24.9 Å². The van der Waals surface area contributed by atoms with Gasteiger partial charge in [0.1, 0.15) is 5.60 Å². The van der Waals surface area contributed by atoms with Crippen molar-refractivity contribution in [3.63, 3.8) is 0 Å². The highest BCUT2D eigenvalue weighted by atomic mass is 32.2. The van der Waals surface area contributed by atoms with Crippen molar-refractivity contribution in [1.82, 2.24) is 14.7 Å². The number of likely N-dealkylation sites (tertiary alicyclic amines) is 1. The molecule has 4 nitrogen and oxygen atoms in total. The summed E-state index contributed by atoms with van der Waals surface area (Å²) in [7, 11) is 1.59. The largest absolute Gasteiger partial charge is 0.373 e. The Kier molecular flexibility index (Phi) is 8.97. The Morgan fingerprint density at radius 3 is 2.73 bits per heavy atom. The number of hydrogen-bond acceptors (Lipinski definition) is 5. The van der Waals surface area contributed by atoms with Crippen LogP contribution < -0.4 is 0 Å². The van der Waals surface area contributed by atoms with Gasteiger partial charge in [-0.15, -0.1) is 0 Å². The Morgan fingerprint density at radius 1 is 1.47 bits per heavy atom. The third-order valence-electron chi connectivity index (χ3n) is 5.75. The highest BCUT2D eigenvalue weighted by molar-refractivity contribution is 8.06. The second-order valence-corrected chi connectivity index (χ2v) is 10.1. The van der Waals surface area contributed by atoms with E-state index in [0.29, 0.717) is 17.7 Å². The van der Waals surface area contributed by atoms with Crippen molar-refractivity contribution < 1.29 is 17.9 Å². The van der Waals surface area contributed by atoms with Crippen LogP contribution in [0.5, 0.6) is 0 Å². The molecule has 2 heterocycles. The SMILES string of the molecule is C=C(SC(=C)C(C)(F)C(F)F)C1(OC)CCN(Cc2cnn(CCSC)c2)[C@@H](C)C1. The number of rotatable bonds is 11. The van der Waals surface area contributed by atoms with Gasteiger partial charge in [0, 0.05) is 60.1 Å². The van der Waals surface area contributed by atoms with Crippen LogP contribution in [0.25, 0.3) is 0 Å². The van der Waals surface area contributed by atoms with Crippen molar-refractivity contribution in [3.05, 3.63) is 40.9 Å². The van der Waals surface area contributed by atoms with E-state index in [1.54, 1.807) is 18.9 Å². The third-order valence-corrected chi connectivity index (χ3v) is 7.60. The van der Waals surface area contributed by atoms with Gasteiger partial charge in [-0.05, 0) is 32.9 Å². The summed E-state index contributed by atoms with van der Waals surface area (Å²) in [4.78, 5) is 2.63. The topological polar surface area (TPSA) is 30.3 Å². The summed E-state index contributed by atoms with van der Waals surface area (Å²) in [6.07, 6.45) is 4.20. The first-order valence-electron chi connectivity index (χ1n) is 9.89. The fourth-order valence-electron chi connectivity index (χ4n) is 3.53. The monoisotopic (exact) mass is 463 g/mol. The molecule has 1 saturated heterocycles. The van der Waals surface area contributed by atoms with E-state index in [-0.39, 0.29) is 10.9 Å².